The van der Waals surface area contributed by atoms with E-state index < -0.39 is 0 Å². The van der Waals surface area contributed by atoms with E-state index in [4.69, 9.17) is 4.74 Å². The molecule has 2 heterocycles. The van der Waals surface area contributed by atoms with Gasteiger partial charge >= 0.3 is 6.03 Å². The molecule has 1 aromatic carbocycles. The predicted molar refractivity (Wildman–Crippen MR) is 95.6 cm³/mol. The number of hydrogen-bond acceptors (Lipinski definition) is 4. The summed E-state index contributed by atoms with van der Waals surface area (Å²) in [6.45, 7) is 10.6. The van der Waals surface area contributed by atoms with E-state index in [0.717, 1.165) is 59.0 Å². The van der Waals surface area contributed by atoms with E-state index in [-0.39, 0.29) is 6.03 Å². The topological polar surface area (TPSA) is 48.0 Å². The summed E-state index contributed by atoms with van der Waals surface area (Å²) in [5, 5.41) is 3.05. The summed E-state index contributed by atoms with van der Waals surface area (Å²) in [5.41, 5.74) is 2.53. The van der Waals surface area contributed by atoms with Gasteiger partial charge in [0.15, 0.2) is 0 Å². The summed E-state index contributed by atoms with van der Waals surface area (Å²) in [5.74, 6) is 0. The molecule has 1 N–H and O–H groups in total. The Morgan fingerprint density at radius 3 is 2.58 bits per heavy atom. The molecule has 0 aromatic heterocycles. The van der Waals surface area contributed by atoms with E-state index in [1.165, 1.54) is 11.3 Å². The van der Waals surface area contributed by atoms with Gasteiger partial charge in [-0.3, -0.25) is 4.90 Å². The van der Waals surface area contributed by atoms with E-state index in [1.54, 1.807) is 0 Å². The summed E-state index contributed by atoms with van der Waals surface area (Å²) in [4.78, 5) is 18.9. The average Bonchev–Trinajstić information content (AvgIpc) is 2.63. The minimum absolute atomic E-state index is 0.0622. The number of amides is 2. The van der Waals surface area contributed by atoms with Crippen LogP contribution in [0.2, 0.25) is 0 Å². The zero-order valence-electron chi connectivity index (χ0n) is 14.5. The van der Waals surface area contributed by atoms with E-state index in [2.05, 4.69) is 46.3 Å². The number of nitrogens with one attached hydrogen (secondary N) is 1. The number of carbonyl (C=O) groups is 1. The highest BCUT2D eigenvalue weighted by Crippen LogP contribution is 2.17. The lowest BCUT2D eigenvalue weighted by Crippen LogP contribution is -2.52. The van der Waals surface area contributed by atoms with Crippen LogP contribution in [-0.2, 0) is 4.74 Å². The zero-order valence-corrected chi connectivity index (χ0v) is 14.5. The first-order valence-corrected chi connectivity index (χ1v) is 8.87. The quantitative estimate of drug-likeness (QED) is 0.899. The predicted octanol–water partition coefficient (Wildman–Crippen LogP) is 1.16. The fraction of sp³-hybridized carbons (Fsp3) is 0.611. The average molecular weight is 332 g/mol. The number of carbonyl (C=O) groups excluding carboxylic acids is 1. The molecule has 0 unspecified atom stereocenters. The Morgan fingerprint density at radius 1 is 1.12 bits per heavy atom. The summed E-state index contributed by atoms with van der Waals surface area (Å²) in [6.07, 6.45) is 0. The van der Waals surface area contributed by atoms with Crippen molar-refractivity contribution in [2.75, 3.05) is 70.5 Å². The Hall–Kier alpha value is -1.79. The molecule has 6 nitrogen and oxygen atoms in total. The van der Waals surface area contributed by atoms with Crippen molar-refractivity contribution in [1.29, 1.82) is 0 Å². The van der Waals surface area contributed by atoms with Gasteiger partial charge in [0, 0.05) is 58.0 Å². The lowest BCUT2D eigenvalue weighted by Gasteiger charge is -2.36. The maximum atomic E-state index is 12.3. The van der Waals surface area contributed by atoms with Gasteiger partial charge in [-0.05, 0) is 24.6 Å². The molecule has 2 aliphatic heterocycles. The summed E-state index contributed by atoms with van der Waals surface area (Å²) < 4.78 is 5.33. The Balaban J connectivity index is 1.38. The van der Waals surface area contributed by atoms with Crippen molar-refractivity contribution in [3.63, 3.8) is 0 Å². The van der Waals surface area contributed by atoms with Crippen molar-refractivity contribution in [3.05, 3.63) is 29.8 Å². The van der Waals surface area contributed by atoms with Gasteiger partial charge in [-0.25, -0.2) is 4.79 Å². The van der Waals surface area contributed by atoms with Crippen molar-refractivity contribution in [2.45, 2.75) is 6.92 Å². The molecule has 132 valence electrons. The van der Waals surface area contributed by atoms with Gasteiger partial charge in [-0.2, -0.15) is 0 Å². The molecule has 2 aliphatic rings. The third kappa shape index (κ3) is 4.61. The molecule has 0 radical (unpaired) electrons. The molecular formula is C18H28N4O2. The molecule has 6 heteroatoms. The normalized spacial score (nSPS) is 19.4. The van der Waals surface area contributed by atoms with Crippen LogP contribution >= 0.6 is 0 Å². The largest absolute Gasteiger partial charge is 0.379 e. The van der Waals surface area contributed by atoms with Gasteiger partial charge in [0.1, 0.15) is 0 Å². The molecule has 0 spiro atoms. The van der Waals surface area contributed by atoms with E-state index in [1.807, 2.05) is 4.90 Å². The molecule has 0 aliphatic carbocycles. The van der Waals surface area contributed by atoms with Gasteiger partial charge in [0.05, 0.1) is 13.2 Å². The standard InChI is InChI=1S/C18H28N4O2/c1-16-3-2-4-17(15-16)21-7-9-22(10-8-21)18(23)19-5-6-20-11-13-24-14-12-20/h2-4,15H,5-14H2,1H3,(H,19,23). The Labute approximate surface area is 144 Å². The van der Waals surface area contributed by atoms with Crippen LogP contribution in [0, 0.1) is 6.92 Å². The van der Waals surface area contributed by atoms with Crippen molar-refractivity contribution >= 4 is 11.7 Å². The highest BCUT2D eigenvalue weighted by Gasteiger charge is 2.21. The van der Waals surface area contributed by atoms with Gasteiger partial charge < -0.3 is 19.9 Å². The number of anilines is 1. The van der Waals surface area contributed by atoms with Crippen LogP contribution in [-0.4, -0.2) is 81.4 Å². The monoisotopic (exact) mass is 332 g/mol. The summed E-state index contributed by atoms with van der Waals surface area (Å²) >= 11 is 0. The molecule has 2 amide bonds. The molecule has 2 saturated heterocycles. The van der Waals surface area contributed by atoms with Crippen molar-refractivity contribution in [1.82, 2.24) is 15.1 Å². The van der Waals surface area contributed by atoms with Crippen molar-refractivity contribution < 1.29 is 9.53 Å². The van der Waals surface area contributed by atoms with E-state index >= 15 is 0 Å². The van der Waals surface area contributed by atoms with Crippen LogP contribution in [0.5, 0.6) is 0 Å². The lowest BCUT2D eigenvalue weighted by atomic mass is 10.2. The van der Waals surface area contributed by atoms with Crippen LogP contribution in [0.1, 0.15) is 5.56 Å². The number of piperazine rings is 1. The first kappa shape index (κ1) is 17.0. The van der Waals surface area contributed by atoms with Crippen molar-refractivity contribution in [3.8, 4) is 0 Å². The van der Waals surface area contributed by atoms with Gasteiger partial charge in [-0.1, -0.05) is 12.1 Å². The smallest absolute Gasteiger partial charge is 0.317 e. The number of ether oxygens (including phenoxy) is 1. The highest BCUT2D eigenvalue weighted by atomic mass is 16.5. The van der Waals surface area contributed by atoms with Gasteiger partial charge in [0.25, 0.3) is 0 Å². The molecule has 2 fully saturated rings. The molecule has 24 heavy (non-hydrogen) atoms. The van der Waals surface area contributed by atoms with E-state index in [0.29, 0.717) is 6.54 Å². The van der Waals surface area contributed by atoms with Crippen LogP contribution in [0.15, 0.2) is 24.3 Å². The highest BCUT2D eigenvalue weighted by molar-refractivity contribution is 5.74. The van der Waals surface area contributed by atoms with Gasteiger partial charge in [-0.15, -0.1) is 0 Å². The van der Waals surface area contributed by atoms with Crippen LogP contribution in [0.25, 0.3) is 0 Å². The first-order valence-electron chi connectivity index (χ1n) is 8.87. The second kappa shape index (κ2) is 8.35. The Kier molecular flexibility index (Phi) is 5.93. The molecular weight excluding hydrogens is 304 g/mol. The van der Waals surface area contributed by atoms with Crippen LogP contribution < -0.4 is 10.2 Å². The molecule has 0 atom stereocenters. The molecule has 1 aromatic rings. The number of nitrogens with zero attached hydrogens (tertiary/aromatic N) is 3. The third-order valence-electron chi connectivity index (χ3n) is 4.74. The van der Waals surface area contributed by atoms with Crippen molar-refractivity contribution in [2.24, 2.45) is 0 Å². The fourth-order valence-electron chi connectivity index (χ4n) is 3.25. The molecule has 3 rings (SSSR count). The minimum Gasteiger partial charge on any atom is -0.379 e. The second-order valence-electron chi connectivity index (χ2n) is 6.50. The maximum Gasteiger partial charge on any atom is 0.317 e. The molecule has 0 bridgehead atoms. The number of aryl methyl sites for hydroxylation is 1. The van der Waals surface area contributed by atoms with Gasteiger partial charge in [0.2, 0.25) is 0 Å². The maximum absolute atomic E-state index is 12.3. The SMILES string of the molecule is Cc1cccc(N2CCN(C(=O)NCCN3CCOCC3)CC2)c1. The lowest BCUT2D eigenvalue weighted by molar-refractivity contribution is 0.0386. The zero-order chi connectivity index (χ0) is 16.8. The first-order chi connectivity index (χ1) is 11.7. The van der Waals surface area contributed by atoms with Crippen LogP contribution in [0.4, 0.5) is 10.5 Å². The number of morpholine rings is 1. The molecule has 0 saturated carbocycles. The van der Waals surface area contributed by atoms with E-state index in [9.17, 15) is 4.79 Å². The Morgan fingerprint density at radius 2 is 1.88 bits per heavy atom. The number of rotatable bonds is 4. The second-order valence-corrected chi connectivity index (χ2v) is 6.50. The minimum atomic E-state index is 0.0622. The number of urea groups is 1. The summed E-state index contributed by atoms with van der Waals surface area (Å²) in [7, 11) is 0. The Bertz CT molecular complexity index is 538. The van der Waals surface area contributed by atoms with Crippen LogP contribution in [0.3, 0.4) is 0 Å². The summed E-state index contributed by atoms with van der Waals surface area (Å²) in [6, 6.07) is 8.62. The number of benzene rings is 1. The number of hydrogen-bond donors (Lipinski definition) is 1. The fourth-order valence-corrected chi connectivity index (χ4v) is 3.25. The third-order valence-corrected chi connectivity index (χ3v) is 4.74.